The summed E-state index contributed by atoms with van der Waals surface area (Å²) in [5.74, 6) is 1.44. The highest BCUT2D eigenvalue weighted by atomic mass is 16.5. The molecule has 1 amide bonds. The van der Waals surface area contributed by atoms with Crippen molar-refractivity contribution in [1.82, 2.24) is 4.90 Å². The van der Waals surface area contributed by atoms with E-state index < -0.39 is 5.41 Å². The number of ether oxygens (including phenoxy) is 1. The summed E-state index contributed by atoms with van der Waals surface area (Å²) in [6, 6.07) is 16.6. The first-order chi connectivity index (χ1) is 11.5. The molecule has 0 spiro atoms. The number of amides is 1. The van der Waals surface area contributed by atoms with E-state index in [0.717, 1.165) is 5.75 Å². The average molecular weight is 323 g/mol. The molecule has 3 rings (SSSR count). The lowest BCUT2D eigenvalue weighted by atomic mass is 9.86. The summed E-state index contributed by atoms with van der Waals surface area (Å²) >= 11 is 0. The normalized spacial score (nSPS) is 20.0. The van der Waals surface area contributed by atoms with Crippen molar-refractivity contribution in [2.45, 2.75) is 20.3 Å². The molecule has 1 aliphatic heterocycles. The first kappa shape index (κ1) is 16.2. The van der Waals surface area contributed by atoms with Crippen molar-refractivity contribution in [1.29, 1.82) is 0 Å². The molecule has 24 heavy (non-hydrogen) atoms. The molecule has 2 aromatic rings. The van der Waals surface area contributed by atoms with Crippen molar-refractivity contribution >= 4 is 11.7 Å². The number of hydrogen-bond donors (Lipinski definition) is 0. The highest BCUT2D eigenvalue weighted by Gasteiger charge is 2.39. The Labute approximate surface area is 142 Å². The van der Waals surface area contributed by atoms with Crippen molar-refractivity contribution in [3.05, 3.63) is 60.2 Å². The van der Waals surface area contributed by atoms with E-state index in [0.29, 0.717) is 30.8 Å². The standard InChI is InChI=1S/C20H21NO3/c1-15(22)20(2)11-12-21(14-20)19(23)16-7-6-10-18(13-16)24-17-8-4-3-5-9-17/h3-10,13H,11-12,14H2,1-2H3. The second-order valence-corrected chi connectivity index (χ2v) is 6.54. The zero-order valence-electron chi connectivity index (χ0n) is 14.0. The van der Waals surface area contributed by atoms with Gasteiger partial charge >= 0.3 is 0 Å². The van der Waals surface area contributed by atoms with Crippen LogP contribution in [0.2, 0.25) is 0 Å². The van der Waals surface area contributed by atoms with Crippen molar-refractivity contribution in [3.63, 3.8) is 0 Å². The van der Waals surface area contributed by atoms with Crippen molar-refractivity contribution in [3.8, 4) is 11.5 Å². The van der Waals surface area contributed by atoms with E-state index >= 15 is 0 Å². The summed E-state index contributed by atoms with van der Waals surface area (Å²) in [5, 5.41) is 0. The van der Waals surface area contributed by atoms with Crippen LogP contribution in [0.5, 0.6) is 11.5 Å². The van der Waals surface area contributed by atoms with Gasteiger partial charge in [-0.15, -0.1) is 0 Å². The lowest BCUT2D eigenvalue weighted by Gasteiger charge is -2.21. The second-order valence-electron chi connectivity index (χ2n) is 6.54. The smallest absolute Gasteiger partial charge is 0.254 e. The molecule has 0 radical (unpaired) electrons. The molecule has 0 aliphatic carbocycles. The quantitative estimate of drug-likeness (QED) is 0.857. The predicted molar refractivity (Wildman–Crippen MR) is 92.3 cm³/mol. The molecular weight excluding hydrogens is 302 g/mol. The third-order valence-electron chi connectivity index (χ3n) is 4.67. The highest BCUT2D eigenvalue weighted by molar-refractivity contribution is 5.95. The summed E-state index contributed by atoms with van der Waals surface area (Å²) in [6.07, 6.45) is 0.717. The molecule has 0 bridgehead atoms. The number of ketones is 1. The molecule has 0 aromatic heterocycles. The van der Waals surface area contributed by atoms with Crippen LogP contribution in [-0.2, 0) is 4.79 Å². The summed E-state index contributed by atoms with van der Waals surface area (Å²) in [6.45, 7) is 4.61. The number of nitrogens with zero attached hydrogens (tertiary/aromatic N) is 1. The molecule has 0 N–H and O–H groups in total. The minimum Gasteiger partial charge on any atom is -0.457 e. The van der Waals surface area contributed by atoms with Crippen LogP contribution in [0.3, 0.4) is 0 Å². The summed E-state index contributed by atoms with van der Waals surface area (Å²) in [7, 11) is 0. The number of para-hydroxylation sites is 1. The molecule has 2 aromatic carbocycles. The number of likely N-dealkylation sites (tertiary alicyclic amines) is 1. The maximum absolute atomic E-state index is 12.7. The van der Waals surface area contributed by atoms with Gasteiger partial charge in [0, 0.05) is 24.1 Å². The van der Waals surface area contributed by atoms with E-state index in [1.54, 1.807) is 24.0 Å². The molecule has 1 saturated heterocycles. The molecule has 1 aliphatic rings. The number of carbonyl (C=O) groups excluding carboxylic acids is 2. The van der Waals surface area contributed by atoms with Crippen LogP contribution < -0.4 is 4.74 Å². The minimum atomic E-state index is -0.423. The number of rotatable bonds is 4. The maximum atomic E-state index is 12.7. The van der Waals surface area contributed by atoms with Crippen LogP contribution in [0.25, 0.3) is 0 Å². The SMILES string of the molecule is CC(=O)C1(C)CCN(C(=O)c2cccc(Oc3ccccc3)c2)C1. The first-order valence-electron chi connectivity index (χ1n) is 8.11. The van der Waals surface area contributed by atoms with Gasteiger partial charge in [0.25, 0.3) is 5.91 Å². The number of Topliss-reactive ketones (excluding diaryl/α,β-unsaturated/α-hetero) is 1. The molecular formula is C20H21NO3. The van der Waals surface area contributed by atoms with Gasteiger partial charge in [-0.1, -0.05) is 31.2 Å². The molecule has 1 heterocycles. The van der Waals surface area contributed by atoms with Gasteiger partial charge in [-0.3, -0.25) is 9.59 Å². The Balaban J connectivity index is 1.74. The van der Waals surface area contributed by atoms with Gasteiger partial charge in [-0.05, 0) is 43.7 Å². The van der Waals surface area contributed by atoms with Gasteiger partial charge in [-0.25, -0.2) is 0 Å². The van der Waals surface area contributed by atoms with Crippen LogP contribution >= 0.6 is 0 Å². The Morgan fingerprint density at radius 1 is 1.04 bits per heavy atom. The lowest BCUT2D eigenvalue weighted by molar-refractivity contribution is -0.124. The fraction of sp³-hybridized carbons (Fsp3) is 0.300. The first-order valence-corrected chi connectivity index (χ1v) is 8.11. The topological polar surface area (TPSA) is 46.6 Å². The Kier molecular flexibility index (Phi) is 4.38. The maximum Gasteiger partial charge on any atom is 0.254 e. The van der Waals surface area contributed by atoms with Gasteiger partial charge in [0.2, 0.25) is 0 Å². The number of hydrogen-bond acceptors (Lipinski definition) is 3. The third kappa shape index (κ3) is 3.32. The van der Waals surface area contributed by atoms with Crippen LogP contribution in [-0.4, -0.2) is 29.7 Å². The highest BCUT2D eigenvalue weighted by Crippen LogP contribution is 2.32. The van der Waals surface area contributed by atoms with Crippen LogP contribution in [0, 0.1) is 5.41 Å². The van der Waals surface area contributed by atoms with E-state index in [1.807, 2.05) is 49.4 Å². The Morgan fingerprint density at radius 2 is 1.75 bits per heavy atom. The van der Waals surface area contributed by atoms with Crippen LogP contribution in [0.1, 0.15) is 30.6 Å². The van der Waals surface area contributed by atoms with Crippen LogP contribution in [0.4, 0.5) is 0 Å². The van der Waals surface area contributed by atoms with E-state index in [1.165, 1.54) is 0 Å². The Bertz CT molecular complexity index is 756. The van der Waals surface area contributed by atoms with Crippen molar-refractivity contribution in [2.75, 3.05) is 13.1 Å². The van der Waals surface area contributed by atoms with Gasteiger partial charge in [0.05, 0.1) is 0 Å². The summed E-state index contributed by atoms with van der Waals surface area (Å²) < 4.78 is 5.79. The molecule has 0 saturated carbocycles. The molecule has 1 fully saturated rings. The number of carbonyl (C=O) groups is 2. The largest absolute Gasteiger partial charge is 0.457 e. The molecule has 124 valence electrons. The van der Waals surface area contributed by atoms with E-state index in [4.69, 9.17) is 4.74 Å². The van der Waals surface area contributed by atoms with E-state index in [2.05, 4.69) is 0 Å². The summed E-state index contributed by atoms with van der Waals surface area (Å²) in [5.41, 5.74) is 0.157. The molecule has 1 unspecified atom stereocenters. The van der Waals surface area contributed by atoms with E-state index in [9.17, 15) is 9.59 Å². The van der Waals surface area contributed by atoms with Crippen molar-refractivity contribution in [2.24, 2.45) is 5.41 Å². The minimum absolute atomic E-state index is 0.0570. The lowest BCUT2D eigenvalue weighted by Crippen LogP contribution is -2.34. The molecule has 4 heteroatoms. The molecule has 4 nitrogen and oxygen atoms in total. The third-order valence-corrected chi connectivity index (χ3v) is 4.67. The van der Waals surface area contributed by atoms with Gasteiger partial charge in [-0.2, -0.15) is 0 Å². The average Bonchev–Trinajstić information content (AvgIpc) is 2.99. The fourth-order valence-electron chi connectivity index (χ4n) is 2.92. The Morgan fingerprint density at radius 3 is 2.42 bits per heavy atom. The second kappa shape index (κ2) is 6.48. The van der Waals surface area contributed by atoms with Gasteiger partial charge in [0.15, 0.2) is 0 Å². The van der Waals surface area contributed by atoms with Gasteiger partial charge in [0.1, 0.15) is 17.3 Å². The zero-order valence-corrected chi connectivity index (χ0v) is 14.0. The Hall–Kier alpha value is -2.62. The monoisotopic (exact) mass is 323 g/mol. The zero-order chi connectivity index (χ0) is 17.2. The predicted octanol–water partition coefficient (Wildman–Crippen LogP) is 3.92. The number of benzene rings is 2. The fourth-order valence-corrected chi connectivity index (χ4v) is 2.92. The van der Waals surface area contributed by atoms with Gasteiger partial charge < -0.3 is 9.64 Å². The summed E-state index contributed by atoms with van der Waals surface area (Å²) in [4.78, 5) is 26.2. The molecule has 1 atom stereocenters. The van der Waals surface area contributed by atoms with E-state index in [-0.39, 0.29) is 11.7 Å². The van der Waals surface area contributed by atoms with Crippen LogP contribution in [0.15, 0.2) is 54.6 Å². The van der Waals surface area contributed by atoms with Crippen molar-refractivity contribution < 1.29 is 14.3 Å².